The Hall–Kier alpha value is -2.09. The highest BCUT2D eigenvalue weighted by Gasteiger charge is 2.19. The number of primary amides is 1. The summed E-state index contributed by atoms with van der Waals surface area (Å²) in [5.74, 6) is -0.414. The van der Waals surface area contributed by atoms with Crippen molar-refractivity contribution in [1.82, 2.24) is 15.4 Å². The van der Waals surface area contributed by atoms with Crippen molar-refractivity contribution in [3.8, 4) is 22.8 Å². The Bertz CT molecular complexity index is 626. The number of halogens is 1. The van der Waals surface area contributed by atoms with Crippen LogP contribution >= 0.6 is 15.9 Å². The van der Waals surface area contributed by atoms with Gasteiger partial charge in [0.1, 0.15) is 5.69 Å². The monoisotopic (exact) mass is 326 g/mol. The molecule has 0 saturated carbocycles. The first-order chi connectivity index (χ1) is 9.04. The molecule has 19 heavy (non-hydrogen) atoms. The van der Waals surface area contributed by atoms with E-state index in [0.29, 0.717) is 28.1 Å². The second kappa shape index (κ2) is 5.27. The number of nitrogens with two attached hydrogens (primary N) is 1. The molecule has 0 aliphatic heterocycles. The fraction of sp³-hybridized carbons (Fsp3) is 0.182. The summed E-state index contributed by atoms with van der Waals surface area (Å²) >= 11 is 3.29. The fourth-order valence-corrected chi connectivity index (χ4v) is 2.11. The van der Waals surface area contributed by atoms with Crippen LogP contribution in [0.15, 0.2) is 16.6 Å². The minimum absolute atomic E-state index is 0.0124. The van der Waals surface area contributed by atoms with Gasteiger partial charge in [0, 0.05) is 10.0 Å². The van der Waals surface area contributed by atoms with Gasteiger partial charge in [0.05, 0.1) is 6.61 Å². The van der Waals surface area contributed by atoms with E-state index < -0.39 is 5.91 Å². The van der Waals surface area contributed by atoms with Crippen molar-refractivity contribution in [2.45, 2.75) is 6.92 Å². The van der Waals surface area contributed by atoms with Crippen molar-refractivity contribution in [2.24, 2.45) is 5.73 Å². The molecule has 0 fully saturated rings. The van der Waals surface area contributed by atoms with Crippen molar-refractivity contribution in [1.29, 1.82) is 0 Å². The van der Waals surface area contributed by atoms with Gasteiger partial charge in [-0.25, -0.2) is 0 Å². The van der Waals surface area contributed by atoms with Gasteiger partial charge in [-0.3, -0.25) is 4.79 Å². The van der Waals surface area contributed by atoms with E-state index in [-0.39, 0.29) is 11.4 Å². The number of benzene rings is 1. The third kappa shape index (κ3) is 2.53. The SMILES string of the molecule is CCOc1cc(-c2n[nH]nc2C(N)=O)c(Br)cc1O. The molecule has 0 saturated heterocycles. The summed E-state index contributed by atoms with van der Waals surface area (Å²) in [6.45, 7) is 2.20. The van der Waals surface area contributed by atoms with Gasteiger partial charge in [0.15, 0.2) is 17.2 Å². The van der Waals surface area contributed by atoms with E-state index in [9.17, 15) is 9.90 Å². The molecule has 2 rings (SSSR count). The molecule has 0 radical (unpaired) electrons. The van der Waals surface area contributed by atoms with Crippen molar-refractivity contribution in [3.63, 3.8) is 0 Å². The third-order valence-corrected chi connectivity index (χ3v) is 3.04. The summed E-state index contributed by atoms with van der Waals surface area (Å²) < 4.78 is 5.83. The molecule has 1 heterocycles. The number of rotatable bonds is 4. The van der Waals surface area contributed by atoms with Crippen LogP contribution in [0.2, 0.25) is 0 Å². The van der Waals surface area contributed by atoms with Crippen molar-refractivity contribution < 1.29 is 14.6 Å². The van der Waals surface area contributed by atoms with E-state index in [1.165, 1.54) is 6.07 Å². The molecule has 0 aliphatic carbocycles. The maximum atomic E-state index is 11.2. The van der Waals surface area contributed by atoms with Gasteiger partial charge in [0.25, 0.3) is 5.91 Å². The molecule has 4 N–H and O–H groups in total. The Morgan fingerprint density at radius 2 is 2.26 bits per heavy atom. The fourth-order valence-electron chi connectivity index (χ4n) is 1.59. The topological polar surface area (TPSA) is 114 Å². The molecular formula is C11H11BrN4O3. The molecule has 0 spiro atoms. The average Bonchev–Trinajstić information content (AvgIpc) is 2.81. The smallest absolute Gasteiger partial charge is 0.271 e. The van der Waals surface area contributed by atoms with E-state index in [2.05, 4.69) is 31.3 Å². The van der Waals surface area contributed by atoms with Gasteiger partial charge >= 0.3 is 0 Å². The number of ether oxygens (including phenoxy) is 1. The van der Waals surface area contributed by atoms with Crippen LogP contribution < -0.4 is 10.5 Å². The van der Waals surface area contributed by atoms with E-state index in [0.717, 1.165) is 0 Å². The Kier molecular flexibility index (Phi) is 3.70. The van der Waals surface area contributed by atoms with Crippen LogP contribution in [0.25, 0.3) is 11.3 Å². The number of amides is 1. The van der Waals surface area contributed by atoms with Crippen molar-refractivity contribution in [2.75, 3.05) is 6.61 Å². The standard InChI is InChI=1S/C11H11BrN4O3/c1-2-19-8-3-5(6(12)4-7(8)17)9-10(11(13)18)15-16-14-9/h3-4,17H,2H2,1H3,(H2,13,18)(H,14,15,16). The molecular weight excluding hydrogens is 316 g/mol. The third-order valence-electron chi connectivity index (χ3n) is 2.38. The second-order valence-corrected chi connectivity index (χ2v) is 4.47. The normalized spacial score (nSPS) is 10.4. The predicted molar refractivity (Wildman–Crippen MR) is 70.9 cm³/mol. The zero-order valence-corrected chi connectivity index (χ0v) is 11.6. The maximum absolute atomic E-state index is 11.2. The first kappa shape index (κ1) is 13.3. The lowest BCUT2D eigenvalue weighted by Crippen LogP contribution is -2.12. The summed E-state index contributed by atoms with van der Waals surface area (Å²) in [6.07, 6.45) is 0. The van der Waals surface area contributed by atoms with Gasteiger partial charge in [0.2, 0.25) is 0 Å². The quantitative estimate of drug-likeness (QED) is 0.786. The summed E-state index contributed by atoms with van der Waals surface area (Å²) in [5, 5.41) is 19.7. The van der Waals surface area contributed by atoms with Crippen LogP contribution in [0.1, 0.15) is 17.4 Å². The lowest BCUT2D eigenvalue weighted by atomic mass is 10.1. The van der Waals surface area contributed by atoms with Gasteiger partial charge in [-0.15, -0.1) is 0 Å². The first-order valence-electron chi connectivity index (χ1n) is 5.40. The Morgan fingerprint density at radius 1 is 1.53 bits per heavy atom. The number of carbonyl (C=O) groups excluding carboxylic acids is 1. The number of hydrogen-bond acceptors (Lipinski definition) is 5. The van der Waals surface area contributed by atoms with Crippen LogP contribution in [0.3, 0.4) is 0 Å². The summed E-state index contributed by atoms with van der Waals surface area (Å²) in [6, 6.07) is 3.02. The summed E-state index contributed by atoms with van der Waals surface area (Å²) in [7, 11) is 0. The highest BCUT2D eigenvalue weighted by atomic mass is 79.9. The molecule has 1 aromatic carbocycles. The molecule has 1 amide bonds. The largest absolute Gasteiger partial charge is 0.504 e. The van der Waals surface area contributed by atoms with Gasteiger partial charge in [-0.1, -0.05) is 0 Å². The van der Waals surface area contributed by atoms with Gasteiger partial charge in [-0.05, 0) is 35.0 Å². The highest BCUT2D eigenvalue weighted by Crippen LogP contribution is 2.38. The molecule has 8 heteroatoms. The Labute approximate surface area is 116 Å². The zero-order valence-electron chi connectivity index (χ0n) is 9.98. The minimum Gasteiger partial charge on any atom is -0.504 e. The van der Waals surface area contributed by atoms with Crippen LogP contribution in [-0.2, 0) is 0 Å². The number of aromatic amines is 1. The number of carbonyl (C=O) groups is 1. The number of nitrogens with one attached hydrogen (secondary N) is 1. The van der Waals surface area contributed by atoms with Gasteiger partial charge < -0.3 is 15.6 Å². The molecule has 2 aromatic rings. The van der Waals surface area contributed by atoms with Crippen LogP contribution in [-0.4, -0.2) is 33.0 Å². The van der Waals surface area contributed by atoms with Crippen LogP contribution in [0.5, 0.6) is 11.5 Å². The highest BCUT2D eigenvalue weighted by molar-refractivity contribution is 9.10. The average molecular weight is 327 g/mol. The summed E-state index contributed by atoms with van der Waals surface area (Å²) in [5.41, 5.74) is 6.07. The molecule has 0 aliphatic rings. The van der Waals surface area contributed by atoms with Crippen molar-refractivity contribution in [3.05, 3.63) is 22.3 Å². The molecule has 0 bridgehead atoms. The molecule has 7 nitrogen and oxygen atoms in total. The van der Waals surface area contributed by atoms with Crippen LogP contribution in [0, 0.1) is 0 Å². The van der Waals surface area contributed by atoms with E-state index in [1.807, 2.05) is 0 Å². The number of nitrogens with zero attached hydrogens (tertiary/aromatic N) is 2. The lowest BCUT2D eigenvalue weighted by Gasteiger charge is -2.09. The Balaban J connectivity index is 2.58. The van der Waals surface area contributed by atoms with Crippen LogP contribution in [0.4, 0.5) is 0 Å². The predicted octanol–water partition coefficient (Wildman–Crippen LogP) is 1.44. The Morgan fingerprint density at radius 3 is 2.89 bits per heavy atom. The number of phenolic OH excluding ortho intramolecular Hbond substituents is 1. The van der Waals surface area contributed by atoms with E-state index in [4.69, 9.17) is 10.5 Å². The first-order valence-corrected chi connectivity index (χ1v) is 6.20. The maximum Gasteiger partial charge on any atom is 0.271 e. The molecule has 0 atom stereocenters. The number of phenols is 1. The molecule has 100 valence electrons. The van der Waals surface area contributed by atoms with Crippen molar-refractivity contribution >= 4 is 21.8 Å². The minimum atomic E-state index is -0.693. The van der Waals surface area contributed by atoms with E-state index >= 15 is 0 Å². The second-order valence-electron chi connectivity index (χ2n) is 3.62. The van der Waals surface area contributed by atoms with E-state index in [1.54, 1.807) is 13.0 Å². The summed E-state index contributed by atoms with van der Waals surface area (Å²) in [4.78, 5) is 11.2. The lowest BCUT2D eigenvalue weighted by molar-refractivity contribution is 0.0996. The number of H-pyrrole nitrogens is 1. The number of hydrogen-bond donors (Lipinski definition) is 3. The zero-order chi connectivity index (χ0) is 14.0. The van der Waals surface area contributed by atoms with Gasteiger partial charge in [-0.2, -0.15) is 15.4 Å². The molecule has 1 aromatic heterocycles. The molecule has 0 unspecified atom stereocenters. The number of aromatic nitrogens is 3. The number of aromatic hydroxyl groups is 1.